The van der Waals surface area contributed by atoms with Crippen LogP contribution in [0.15, 0.2) is 52.1 Å². The molecule has 4 rings (SSSR count). The van der Waals surface area contributed by atoms with Gasteiger partial charge >= 0.3 is 0 Å². The van der Waals surface area contributed by atoms with E-state index >= 15 is 0 Å². The van der Waals surface area contributed by atoms with Crippen LogP contribution in [0, 0.1) is 6.92 Å². The number of nitrogens with one attached hydrogen (secondary N) is 1. The quantitative estimate of drug-likeness (QED) is 0.547. The number of hydrogen-bond acceptors (Lipinski definition) is 8. The van der Waals surface area contributed by atoms with Crippen LogP contribution < -0.4 is 5.56 Å². The molecule has 0 fully saturated rings. The predicted molar refractivity (Wildman–Crippen MR) is 109 cm³/mol. The number of hydrogen-bond donors (Lipinski definition) is 1. The van der Waals surface area contributed by atoms with Crippen molar-refractivity contribution >= 4 is 5.91 Å². The van der Waals surface area contributed by atoms with Crippen LogP contribution in [0.5, 0.6) is 0 Å². The largest absolute Gasteiger partial charge is 0.413 e. The number of carbonyl (C=O) groups is 1. The summed E-state index contributed by atoms with van der Waals surface area (Å²) >= 11 is 0. The molecule has 10 nitrogen and oxygen atoms in total. The normalized spacial score (nSPS) is 10.8. The monoisotopic (exact) mass is 405 g/mol. The first-order chi connectivity index (χ1) is 14.4. The van der Waals surface area contributed by atoms with Crippen molar-refractivity contribution in [1.29, 1.82) is 0 Å². The Kier molecular flexibility index (Phi) is 4.88. The molecule has 10 heteroatoms. The van der Waals surface area contributed by atoms with E-state index in [-0.39, 0.29) is 24.8 Å². The first kappa shape index (κ1) is 19.1. The minimum atomic E-state index is -0.434. The summed E-state index contributed by atoms with van der Waals surface area (Å²) in [6.45, 7) is 1.77. The van der Waals surface area contributed by atoms with E-state index < -0.39 is 5.56 Å². The Morgan fingerprint density at radius 2 is 1.77 bits per heavy atom. The number of benzene rings is 1. The fourth-order valence-electron chi connectivity index (χ4n) is 2.75. The number of nitrogens with zero attached hydrogens (tertiary/aromatic N) is 6. The maximum atomic E-state index is 12.1. The molecule has 0 saturated carbocycles. The van der Waals surface area contributed by atoms with E-state index in [2.05, 4.69) is 30.1 Å². The average Bonchev–Trinajstić information content (AvgIpc) is 3.23. The van der Waals surface area contributed by atoms with Gasteiger partial charge in [-0.2, -0.15) is 0 Å². The lowest BCUT2D eigenvalue weighted by atomic mass is 10.1. The van der Waals surface area contributed by atoms with Gasteiger partial charge in [0.25, 0.3) is 23.2 Å². The molecule has 3 heterocycles. The zero-order valence-electron chi connectivity index (χ0n) is 16.4. The molecule has 152 valence electrons. The van der Waals surface area contributed by atoms with Crippen molar-refractivity contribution in [2.24, 2.45) is 0 Å². The Labute approximate surface area is 172 Å². The Hall–Kier alpha value is -4.21. The summed E-state index contributed by atoms with van der Waals surface area (Å²) in [4.78, 5) is 40.9. The summed E-state index contributed by atoms with van der Waals surface area (Å²) in [5, 5.41) is 7.90. The van der Waals surface area contributed by atoms with Crippen LogP contribution in [0.1, 0.15) is 17.5 Å². The highest BCUT2D eigenvalue weighted by Gasteiger charge is 2.18. The number of aromatic amines is 1. The molecule has 0 radical (unpaired) electrons. The molecule has 4 aromatic rings. The molecule has 3 aromatic heterocycles. The highest BCUT2D eigenvalue weighted by Crippen LogP contribution is 2.25. The second kappa shape index (κ2) is 7.66. The van der Waals surface area contributed by atoms with Crippen LogP contribution in [0.2, 0.25) is 0 Å². The molecule has 0 aliphatic heterocycles. The Morgan fingerprint density at radius 3 is 2.43 bits per heavy atom. The highest BCUT2D eigenvalue weighted by atomic mass is 16.4. The zero-order valence-corrected chi connectivity index (χ0v) is 16.4. The van der Waals surface area contributed by atoms with Gasteiger partial charge in [0.1, 0.15) is 5.69 Å². The average molecular weight is 405 g/mol. The van der Waals surface area contributed by atoms with Gasteiger partial charge in [-0.15, -0.1) is 10.2 Å². The Balaban J connectivity index is 0.00000272. The lowest BCUT2D eigenvalue weighted by Crippen LogP contribution is -2.21. The number of aromatic nitrogens is 6. The van der Waals surface area contributed by atoms with Gasteiger partial charge in [-0.1, -0.05) is 12.1 Å². The number of aryl methyl sites for hydroxylation is 1. The molecule has 1 aromatic carbocycles. The summed E-state index contributed by atoms with van der Waals surface area (Å²) in [5.74, 6) is 0.0337. The van der Waals surface area contributed by atoms with E-state index in [0.717, 1.165) is 5.56 Å². The van der Waals surface area contributed by atoms with Crippen molar-refractivity contribution in [3.8, 4) is 34.4 Å². The third-order valence-corrected chi connectivity index (χ3v) is 4.33. The van der Waals surface area contributed by atoms with Gasteiger partial charge in [0.05, 0.1) is 17.6 Å². The highest BCUT2D eigenvalue weighted by molar-refractivity contribution is 5.94. The summed E-state index contributed by atoms with van der Waals surface area (Å²) in [6, 6.07) is 7.06. The van der Waals surface area contributed by atoms with Crippen LogP contribution in [-0.4, -0.2) is 55.0 Å². The molecule has 0 saturated heterocycles. The molecule has 0 aliphatic carbocycles. The van der Waals surface area contributed by atoms with E-state index in [1.165, 1.54) is 17.3 Å². The lowest BCUT2D eigenvalue weighted by molar-refractivity contribution is 0.0827. The minimum absolute atomic E-state index is 0. The van der Waals surface area contributed by atoms with E-state index in [1.807, 2.05) is 0 Å². The van der Waals surface area contributed by atoms with E-state index in [4.69, 9.17) is 4.42 Å². The van der Waals surface area contributed by atoms with Crippen molar-refractivity contribution in [3.63, 3.8) is 0 Å². The molecule has 30 heavy (non-hydrogen) atoms. The molecular formula is C20H19N7O3. The molecule has 0 bridgehead atoms. The van der Waals surface area contributed by atoms with Crippen LogP contribution >= 0.6 is 0 Å². The number of carbonyl (C=O) groups excluding carboxylic acids is 1. The standard InChI is InChI=1S/C20H17N7O3.H2/c1-11-15(18-25-26-19(30-18)16-17(28)22-9-8-21-16)24-14(10-23-11)12-4-6-13(7-5-12)20(29)27(2)3;/h4-10H,1-3H3,(H,22,28);1H. The van der Waals surface area contributed by atoms with Gasteiger partial charge < -0.3 is 14.3 Å². The van der Waals surface area contributed by atoms with Crippen molar-refractivity contribution in [1.82, 2.24) is 35.0 Å². The number of amides is 1. The number of H-pyrrole nitrogens is 1. The fourth-order valence-corrected chi connectivity index (χ4v) is 2.75. The third-order valence-electron chi connectivity index (χ3n) is 4.33. The topological polar surface area (TPSA) is 131 Å². The first-order valence-corrected chi connectivity index (χ1v) is 8.97. The van der Waals surface area contributed by atoms with Crippen LogP contribution in [-0.2, 0) is 0 Å². The lowest BCUT2D eigenvalue weighted by Gasteiger charge is -2.10. The Morgan fingerprint density at radius 1 is 1.07 bits per heavy atom. The van der Waals surface area contributed by atoms with Gasteiger partial charge in [-0.05, 0) is 19.1 Å². The van der Waals surface area contributed by atoms with Crippen LogP contribution in [0.4, 0.5) is 0 Å². The van der Waals surface area contributed by atoms with Crippen molar-refractivity contribution < 1.29 is 10.6 Å². The molecule has 0 spiro atoms. The van der Waals surface area contributed by atoms with E-state index in [9.17, 15) is 9.59 Å². The van der Waals surface area contributed by atoms with Gasteiger partial charge in [0, 0.05) is 39.0 Å². The van der Waals surface area contributed by atoms with Crippen molar-refractivity contribution in [2.75, 3.05) is 14.1 Å². The summed E-state index contributed by atoms with van der Waals surface area (Å²) in [7, 11) is 3.40. The summed E-state index contributed by atoms with van der Waals surface area (Å²) in [6.07, 6.45) is 4.47. The maximum Gasteiger partial charge on any atom is 0.279 e. The fraction of sp³-hybridized carbons (Fsp3) is 0.150. The van der Waals surface area contributed by atoms with E-state index in [0.29, 0.717) is 22.6 Å². The van der Waals surface area contributed by atoms with E-state index in [1.54, 1.807) is 51.5 Å². The second-order valence-corrected chi connectivity index (χ2v) is 6.65. The van der Waals surface area contributed by atoms with Gasteiger partial charge in [0.2, 0.25) is 0 Å². The zero-order chi connectivity index (χ0) is 21.3. The van der Waals surface area contributed by atoms with Crippen LogP contribution in [0.3, 0.4) is 0 Å². The minimum Gasteiger partial charge on any atom is -0.413 e. The smallest absolute Gasteiger partial charge is 0.279 e. The van der Waals surface area contributed by atoms with Crippen molar-refractivity contribution in [2.45, 2.75) is 6.92 Å². The van der Waals surface area contributed by atoms with Gasteiger partial charge in [-0.3, -0.25) is 14.6 Å². The molecule has 0 atom stereocenters. The molecule has 1 N–H and O–H groups in total. The molecule has 0 unspecified atom stereocenters. The molecular weight excluding hydrogens is 386 g/mol. The second-order valence-electron chi connectivity index (χ2n) is 6.65. The predicted octanol–water partition coefficient (Wildman–Crippen LogP) is 2.20. The number of rotatable bonds is 4. The van der Waals surface area contributed by atoms with Gasteiger partial charge in [-0.25, -0.2) is 9.97 Å². The van der Waals surface area contributed by atoms with Crippen molar-refractivity contribution in [3.05, 3.63) is 64.5 Å². The summed E-state index contributed by atoms with van der Waals surface area (Å²) < 4.78 is 5.63. The molecule has 0 aliphatic rings. The van der Waals surface area contributed by atoms with Crippen LogP contribution in [0.25, 0.3) is 34.4 Å². The third kappa shape index (κ3) is 3.58. The Bertz CT molecular complexity index is 1280. The summed E-state index contributed by atoms with van der Waals surface area (Å²) in [5.41, 5.74) is 2.51. The SMILES string of the molecule is Cc1ncc(-c2ccc(C(=O)N(C)C)cc2)nc1-c1nnc(-c2ncc[nH]c2=O)o1.[HH]. The first-order valence-electron chi connectivity index (χ1n) is 8.97. The molecule has 1 amide bonds. The van der Waals surface area contributed by atoms with Gasteiger partial charge in [0.15, 0.2) is 5.69 Å². The maximum absolute atomic E-state index is 12.1.